The second kappa shape index (κ2) is 5.73. The van der Waals surface area contributed by atoms with Gasteiger partial charge in [-0.05, 0) is 31.4 Å². The van der Waals surface area contributed by atoms with Gasteiger partial charge in [-0.15, -0.1) is 0 Å². The molecule has 22 heavy (non-hydrogen) atoms. The number of rotatable bonds is 1. The predicted molar refractivity (Wildman–Crippen MR) is 91.9 cm³/mol. The van der Waals surface area contributed by atoms with Crippen molar-refractivity contribution in [3.63, 3.8) is 0 Å². The summed E-state index contributed by atoms with van der Waals surface area (Å²) in [6, 6.07) is 7.89. The molecule has 0 spiro atoms. The van der Waals surface area contributed by atoms with Crippen LogP contribution in [0.25, 0.3) is 0 Å². The second-order valence-corrected chi connectivity index (χ2v) is 6.24. The van der Waals surface area contributed by atoms with Gasteiger partial charge in [0, 0.05) is 24.2 Å². The van der Waals surface area contributed by atoms with Crippen LogP contribution in [0.4, 0.5) is 0 Å². The molecule has 0 radical (unpaired) electrons. The lowest BCUT2D eigenvalue weighted by molar-refractivity contribution is 0.516. The molecular formula is C18H18ClN3. The summed E-state index contributed by atoms with van der Waals surface area (Å²) in [6.07, 6.45) is 10.1. The van der Waals surface area contributed by atoms with Crippen LogP contribution in [0.15, 0.2) is 58.1 Å². The summed E-state index contributed by atoms with van der Waals surface area (Å²) in [5, 5.41) is 0.706. The molecule has 0 amide bonds. The SMILES string of the molecule is Clc1ccccc1C1=NC2C=CCC=C2C(N2CCCC2)=N1. The zero-order chi connectivity index (χ0) is 14.9. The molecule has 1 unspecified atom stereocenters. The van der Waals surface area contributed by atoms with Crippen LogP contribution in [0.1, 0.15) is 24.8 Å². The van der Waals surface area contributed by atoms with Gasteiger partial charge in [-0.3, -0.25) is 4.99 Å². The van der Waals surface area contributed by atoms with E-state index in [1.54, 1.807) is 0 Å². The van der Waals surface area contributed by atoms with E-state index in [-0.39, 0.29) is 6.04 Å². The number of benzene rings is 1. The van der Waals surface area contributed by atoms with Crippen molar-refractivity contribution >= 4 is 23.3 Å². The number of likely N-dealkylation sites (tertiary alicyclic amines) is 1. The van der Waals surface area contributed by atoms with E-state index in [4.69, 9.17) is 21.6 Å². The number of amidine groups is 2. The molecule has 1 aromatic carbocycles. The minimum atomic E-state index is 0.0770. The van der Waals surface area contributed by atoms with Crippen molar-refractivity contribution in [2.45, 2.75) is 25.3 Å². The molecule has 4 rings (SSSR count). The van der Waals surface area contributed by atoms with E-state index in [9.17, 15) is 0 Å². The summed E-state index contributed by atoms with van der Waals surface area (Å²) >= 11 is 6.34. The minimum absolute atomic E-state index is 0.0770. The molecule has 2 aliphatic heterocycles. The number of halogens is 1. The predicted octanol–water partition coefficient (Wildman–Crippen LogP) is 3.85. The summed E-state index contributed by atoms with van der Waals surface area (Å²) in [4.78, 5) is 12.1. The van der Waals surface area contributed by atoms with Gasteiger partial charge in [0.1, 0.15) is 5.84 Å². The van der Waals surface area contributed by atoms with Crippen LogP contribution in [0.2, 0.25) is 5.02 Å². The van der Waals surface area contributed by atoms with Crippen molar-refractivity contribution in [1.82, 2.24) is 4.90 Å². The molecule has 1 atom stereocenters. The summed E-state index contributed by atoms with van der Waals surface area (Å²) in [5.74, 6) is 1.85. The highest BCUT2D eigenvalue weighted by Gasteiger charge is 2.29. The smallest absolute Gasteiger partial charge is 0.159 e. The van der Waals surface area contributed by atoms with Gasteiger partial charge in [-0.25, -0.2) is 4.99 Å². The molecule has 1 saturated heterocycles. The number of nitrogens with zero attached hydrogens (tertiary/aromatic N) is 3. The fourth-order valence-electron chi connectivity index (χ4n) is 3.24. The van der Waals surface area contributed by atoms with Gasteiger partial charge in [0.15, 0.2) is 5.84 Å². The fourth-order valence-corrected chi connectivity index (χ4v) is 3.46. The highest BCUT2D eigenvalue weighted by Crippen LogP contribution is 2.28. The van der Waals surface area contributed by atoms with Gasteiger partial charge in [0.05, 0.1) is 11.1 Å². The summed E-state index contributed by atoms with van der Waals surface area (Å²) < 4.78 is 0. The van der Waals surface area contributed by atoms with Crippen molar-refractivity contribution in [2.75, 3.05) is 13.1 Å². The Hall–Kier alpha value is -1.87. The molecule has 0 aromatic heterocycles. The van der Waals surface area contributed by atoms with Crippen molar-refractivity contribution in [1.29, 1.82) is 0 Å². The van der Waals surface area contributed by atoms with E-state index in [0.717, 1.165) is 36.7 Å². The van der Waals surface area contributed by atoms with Crippen molar-refractivity contribution in [2.24, 2.45) is 9.98 Å². The molecule has 4 heteroatoms. The van der Waals surface area contributed by atoms with Crippen LogP contribution in [-0.4, -0.2) is 35.7 Å². The van der Waals surface area contributed by atoms with Gasteiger partial charge >= 0.3 is 0 Å². The first kappa shape index (κ1) is 13.8. The van der Waals surface area contributed by atoms with E-state index >= 15 is 0 Å². The van der Waals surface area contributed by atoms with Gasteiger partial charge in [0.25, 0.3) is 0 Å². The van der Waals surface area contributed by atoms with Gasteiger partial charge in [-0.2, -0.15) is 0 Å². The van der Waals surface area contributed by atoms with Crippen LogP contribution in [0.5, 0.6) is 0 Å². The van der Waals surface area contributed by atoms with Crippen LogP contribution >= 0.6 is 11.6 Å². The summed E-state index contributed by atoms with van der Waals surface area (Å²) in [6.45, 7) is 2.17. The molecule has 1 fully saturated rings. The summed E-state index contributed by atoms with van der Waals surface area (Å²) in [5.41, 5.74) is 2.17. The van der Waals surface area contributed by atoms with E-state index in [1.165, 1.54) is 18.4 Å². The lowest BCUT2D eigenvalue weighted by Gasteiger charge is -2.29. The van der Waals surface area contributed by atoms with Crippen LogP contribution in [0.3, 0.4) is 0 Å². The maximum atomic E-state index is 6.34. The highest BCUT2D eigenvalue weighted by atomic mass is 35.5. The quantitative estimate of drug-likeness (QED) is 0.724. The lowest BCUT2D eigenvalue weighted by atomic mass is 9.97. The average Bonchev–Trinajstić information content (AvgIpc) is 3.08. The first-order valence-electron chi connectivity index (χ1n) is 7.86. The molecule has 1 aliphatic carbocycles. The zero-order valence-corrected chi connectivity index (χ0v) is 13.1. The molecule has 0 N–H and O–H groups in total. The Labute approximate surface area is 135 Å². The standard InChI is InChI=1S/C18H18ClN3/c19-15-9-3-1-7-13(15)17-20-16-10-4-2-8-14(16)18(21-17)22-11-5-6-12-22/h1,3-4,7-10,16H,2,5-6,11-12H2. The number of aliphatic imine (C=N–C) groups is 2. The minimum Gasteiger partial charge on any atom is -0.356 e. The van der Waals surface area contributed by atoms with Crippen molar-refractivity contribution in [3.05, 3.63) is 58.7 Å². The van der Waals surface area contributed by atoms with Crippen molar-refractivity contribution < 1.29 is 0 Å². The first-order chi connectivity index (χ1) is 10.8. The van der Waals surface area contributed by atoms with E-state index < -0.39 is 0 Å². The Morgan fingerprint density at radius 1 is 1.14 bits per heavy atom. The lowest BCUT2D eigenvalue weighted by Crippen LogP contribution is -2.36. The van der Waals surface area contributed by atoms with Crippen LogP contribution in [-0.2, 0) is 0 Å². The molecule has 3 nitrogen and oxygen atoms in total. The molecule has 3 aliphatic rings. The van der Waals surface area contributed by atoms with Gasteiger partial charge in [0.2, 0.25) is 0 Å². The largest absolute Gasteiger partial charge is 0.356 e. The van der Waals surface area contributed by atoms with Crippen molar-refractivity contribution in [3.8, 4) is 0 Å². The maximum absolute atomic E-state index is 6.34. The van der Waals surface area contributed by atoms with E-state index in [1.807, 2.05) is 24.3 Å². The normalized spacial score (nSPS) is 23.8. The fraction of sp³-hybridized carbons (Fsp3) is 0.333. The third-order valence-corrected chi connectivity index (χ3v) is 4.69. The highest BCUT2D eigenvalue weighted by molar-refractivity contribution is 6.34. The monoisotopic (exact) mass is 311 g/mol. The third-order valence-electron chi connectivity index (χ3n) is 4.36. The maximum Gasteiger partial charge on any atom is 0.159 e. The Morgan fingerprint density at radius 2 is 1.95 bits per heavy atom. The van der Waals surface area contributed by atoms with E-state index in [2.05, 4.69) is 23.1 Å². The Kier molecular flexibility index (Phi) is 3.59. The molecule has 0 bridgehead atoms. The molecule has 112 valence electrons. The Morgan fingerprint density at radius 3 is 2.77 bits per heavy atom. The van der Waals surface area contributed by atoms with Gasteiger partial charge < -0.3 is 4.90 Å². The van der Waals surface area contributed by atoms with E-state index in [0.29, 0.717) is 5.02 Å². The topological polar surface area (TPSA) is 28.0 Å². The van der Waals surface area contributed by atoms with Crippen LogP contribution < -0.4 is 0 Å². The Bertz CT molecular complexity index is 709. The number of hydrogen-bond donors (Lipinski definition) is 0. The molecular weight excluding hydrogens is 294 g/mol. The molecule has 2 heterocycles. The second-order valence-electron chi connectivity index (χ2n) is 5.83. The zero-order valence-electron chi connectivity index (χ0n) is 12.4. The number of fused-ring (bicyclic) bond motifs is 1. The third kappa shape index (κ3) is 2.40. The summed E-state index contributed by atoms with van der Waals surface area (Å²) in [7, 11) is 0. The average molecular weight is 312 g/mol. The molecule has 1 aromatic rings. The number of allylic oxidation sites excluding steroid dienone is 2. The molecule has 0 saturated carbocycles. The van der Waals surface area contributed by atoms with Gasteiger partial charge in [-0.1, -0.05) is 42.0 Å². The number of hydrogen-bond acceptors (Lipinski definition) is 3. The Balaban J connectivity index is 1.79. The first-order valence-corrected chi connectivity index (χ1v) is 8.24. The van der Waals surface area contributed by atoms with Crippen LogP contribution in [0, 0.1) is 0 Å².